The molecule has 0 unspecified atom stereocenters. The molecule has 0 atom stereocenters. The van der Waals surface area contributed by atoms with Crippen LogP contribution < -0.4 is 9.64 Å². The maximum absolute atomic E-state index is 5.45. The highest BCUT2D eigenvalue weighted by atomic mass is 16.5. The first-order valence-corrected chi connectivity index (χ1v) is 9.41. The summed E-state index contributed by atoms with van der Waals surface area (Å²) in [5.74, 6) is 0.930. The van der Waals surface area contributed by atoms with Crippen LogP contribution >= 0.6 is 0 Å². The lowest BCUT2D eigenvalue weighted by Crippen LogP contribution is -2.09. The van der Waals surface area contributed by atoms with Crippen LogP contribution in [0.1, 0.15) is 28.7 Å². The van der Waals surface area contributed by atoms with E-state index in [4.69, 9.17) is 4.74 Å². The van der Waals surface area contributed by atoms with Gasteiger partial charge in [-0.25, -0.2) is 0 Å². The summed E-state index contributed by atoms with van der Waals surface area (Å²) in [5, 5.41) is 0. The van der Waals surface area contributed by atoms with Gasteiger partial charge in [0, 0.05) is 19.8 Å². The van der Waals surface area contributed by atoms with Crippen LogP contribution in [0.2, 0.25) is 0 Å². The lowest BCUT2D eigenvalue weighted by Gasteiger charge is -2.25. The van der Waals surface area contributed by atoms with E-state index in [1.54, 1.807) is 7.11 Å². The molecule has 0 spiro atoms. The van der Waals surface area contributed by atoms with Gasteiger partial charge in [-0.05, 0) is 70.5 Å². The van der Waals surface area contributed by atoms with Crippen LogP contribution in [0.5, 0.6) is 5.75 Å². The van der Waals surface area contributed by atoms with Crippen LogP contribution in [0.15, 0.2) is 72.8 Å². The standard InChI is InChI=1S/C25H25NO/c1-26(2)21-12-9-19(10-13-21)25-23(18-7-5-4-6-8-18)15-11-20-17-22(27-3)14-16-24(20)25/h4-10,12-14,16-17H,11,15H2,1-3H3. The van der Waals surface area contributed by atoms with Gasteiger partial charge in [0.25, 0.3) is 0 Å². The van der Waals surface area contributed by atoms with Crippen LogP contribution in [0.4, 0.5) is 5.69 Å². The zero-order valence-electron chi connectivity index (χ0n) is 16.2. The molecule has 136 valence electrons. The molecule has 2 heteroatoms. The van der Waals surface area contributed by atoms with Crippen molar-refractivity contribution < 1.29 is 4.74 Å². The van der Waals surface area contributed by atoms with E-state index in [0.29, 0.717) is 0 Å². The fraction of sp³-hybridized carbons (Fsp3) is 0.200. The molecular formula is C25H25NO. The highest BCUT2D eigenvalue weighted by Gasteiger charge is 2.22. The number of nitrogens with zero attached hydrogens (tertiary/aromatic N) is 1. The van der Waals surface area contributed by atoms with Gasteiger partial charge in [-0.3, -0.25) is 0 Å². The van der Waals surface area contributed by atoms with Crippen molar-refractivity contribution in [3.63, 3.8) is 0 Å². The molecule has 2 nitrogen and oxygen atoms in total. The van der Waals surface area contributed by atoms with E-state index in [0.717, 1.165) is 18.6 Å². The molecule has 3 aromatic carbocycles. The summed E-state index contributed by atoms with van der Waals surface area (Å²) < 4.78 is 5.45. The molecule has 0 heterocycles. The monoisotopic (exact) mass is 355 g/mol. The van der Waals surface area contributed by atoms with Gasteiger partial charge in [0.2, 0.25) is 0 Å². The Balaban J connectivity index is 1.91. The van der Waals surface area contributed by atoms with Gasteiger partial charge >= 0.3 is 0 Å². The largest absolute Gasteiger partial charge is 0.497 e. The summed E-state index contributed by atoms with van der Waals surface area (Å²) in [6.07, 6.45) is 2.07. The topological polar surface area (TPSA) is 12.5 Å². The van der Waals surface area contributed by atoms with Crippen molar-refractivity contribution in [3.8, 4) is 5.75 Å². The van der Waals surface area contributed by atoms with E-state index in [9.17, 15) is 0 Å². The predicted molar refractivity (Wildman–Crippen MR) is 114 cm³/mol. The Morgan fingerprint density at radius 3 is 2.19 bits per heavy atom. The molecule has 0 aliphatic heterocycles. The number of benzene rings is 3. The van der Waals surface area contributed by atoms with Crippen LogP contribution in [0.25, 0.3) is 11.1 Å². The summed E-state index contributed by atoms with van der Waals surface area (Å²) in [4.78, 5) is 2.13. The smallest absolute Gasteiger partial charge is 0.119 e. The van der Waals surface area contributed by atoms with Gasteiger partial charge in [0.15, 0.2) is 0 Å². The first-order chi connectivity index (χ1) is 13.2. The minimum absolute atomic E-state index is 0.930. The maximum atomic E-state index is 5.45. The zero-order valence-corrected chi connectivity index (χ0v) is 16.2. The van der Waals surface area contributed by atoms with Gasteiger partial charge in [-0.1, -0.05) is 48.5 Å². The molecule has 27 heavy (non-hydrogen) atoms. The Morgan fingerprint density at radius 2 is 1.52 bits per heavy atom. The van der Waals surface area contributed by atoms with E-state index in [1.807, 2.05) is 0 Å². The molecule has 0 fully saturated rings. The molecule has 0 amide bonds. The minimum Gasteiger partial charge on any atom is -0.497 e. The third-order valence-electron chi connectivity index (χ3n) is 5.32. The number of hydrogen-bond donors (Lipinski definition) is 0. The summed E-state index contributed by atoms with van der Waals surface area (Å²) in [6.45, 7) is 0. The van der Waals surface area contributed by atoms with E-state index in [2.05, 4.69) is 91.8 Å². The third-order valence-corrected chi connectivity index (χ3v) is 5.32. The fourth-order valence-electron chi connectivity index (χ4n) is 3.88. The molecule has 0 bridgehead atoms. The molecule has 4 rings (SSSR count). The Hall–Kier alpha value is -3.00. The Morgan fingerprint density at radius 1 is 0.778 bits per heavy atom. The van der Waals surface area contributed by atoms with Crippen molar-refractivity contribution in [2.75, 3.05) is 26.1 Å². The van der Waals surface area contributed by atoms with Crippen molar-refractivity contribution in [2.24, 2.45) is 0 Å². The van der Waals surface area contributed by atoms with Crippen molar-refractivity contribution in [2.45, 2.75) is 12.8 Å². The average Bonchev–Trinajstić information content (AvgIpc) is 2.73. The Labute approximate surface area is 161 Å². The van der Waals surface area contributed by atoms with Crippen LogP contribution in [0.3, 0.4) is 0 Å². The Bertz CT molecular complexity index is 969. The summed E-state index contributed by atoms with van der Waals surface area (Å²) >= 11 is 0. The number of allylic oxidation sites excluding steroid dienone is 1. The van der Waals surface area contributed by atoms with Gasteiger partial charge in [-0.15, -0.1) is 0 Å². The van der Waals surface area contributed by atoms with E-state index in [-0.39, 0.29) is 0 Å². The molecule has 1 aliphatic rings. The van der Waals surface area contributed by atoms with Crippen molar-refractivity contribution in [3.05, 3.63) is 95.1 Å². The molecule has 0 saturated carbocycles. The average molecular weight is 355 g/mol. The number of hydrogen-bond acceptors (Lipinski definition) is 2. The second-order valence-corrected chi connectivity index (χ2v) is 7.18. The quantitative estimate of drug-likeness (QED) is 0.598. The number of fused-ring (bicyclic) bond motifs is 1. The normalized spacial score (nSPS) is 13.3. The van der Waals surface area contributed by atoms with Gasteiger partial charge in [-0.2, -0.15) is 0 Å². The first-order valence-electron chi connectivity index (χ1n) is 9.41. The van der Waals surface area contributed by atoms with Gasteiger partial charge < -0.3 is 9.64 Å². The van der Waals surface area contributed by atoms with Crippen molar-refractivity contribution in [1.82, 2.24) is 0 Å². The predicted octanol–water partition coefficient (Wildman–Crippen LogP) is 5.67. The summed E-state index contributed by atoms with van der Waals surface area (Å²) in [5.41, 5.74) is 9.24. The SMILES string of the molecule is COc1ccc2c(c1)CCC(c1ccccc1)=C2c1ccc(N(C)C)cc1. The van der Waals surface area contributed by atoms with Crippen molar-refractivity contribution >= 4 is 16.8 Å². The molecule has 0 N–H and O–H groups in total. The molecule has 0 saturated heterocycles. The first kappa shape index (κ1) is 17.4. The molecule has 0 radical (unpaired) electrons. The zero-order chi connectivity index (χ0) is 18.8. The minimum atomic E-state index is 0.930. The van der Waals surface area contributed by atoms with Crippen molar-refractivity contribution in [1.29, 1.82) is 0 Å². The second-order valence-electron chi connectivity index (χ2n) is 7.18. The third kappa shape index (κ3) is 3.35. The van der Waals surface area contributed by atoms with E-state index >= 15 is 0 Å². The number of anilines is 1. The molecule has 1 aliphatic carbocycles. The lowest BCUT2D eigenvalue weighted by molar-refractivity contribution is 0.414. The van der Waals surface area contributed by atoms with Crippen LogP contribution in [0, 0.1) is 0 Å². The molecular weight excluding hydrogens is 330 g/mol. The number of rotatable bonds is 4. The maximum Gasteiger partial charge on any atom is 0.119 e. The molecule has 0 aromatic heterocycles. The Kier molecular flexibility index (Phi) is 4.72. The van der Waals surface area contributed by atoms with Gasteiger partial charge in [0.1, 0.15) is 5.75 Å². The highest BCUT2D eigenvalue weighted by molar-refractivity contribution is 6.01. The van der Waals surface area contributed by atoms with Gasteiger partial charge in [0.05, 0.1) is 7.11 Å². The number of methoxy groups -OCH3 is 1. The second kappa shape index (κ2) is 7.32. The fourth-order valence-corrected chi connectivity index (χ4v) is 3.88. The van der Waals surface area contributed by atoms with E-state index < -0.39 is 0 Å². The molecule has 3 aromatic rings. The highest BCUT2D eigenvalue weighted by Crippen LogP contribution is 2.41. The number of aryl methyl sites for hydroxylation is 1. The van der Waals surface area contributed by atoms with E-state index in [1.165, 1.54) is 39.1 Å². The lowest BCUT2D eigenvalue weighted by atomic mass is 9.79. The van der Waals surface area contributed by atoms with Crippen LogP contribution in [-0.2, 0) is 6.42 Å². The van der Waals surface area contributed by atoms with Crippen LogP contribution in [-0.4, -0.2) is 21.2 Å². The summed E-state index contributed by atoms with van der Waals surface area (Å²) in [7, 11) is 5.88. The number of ether oxygens (including phenoxy) is 1. The summed E-state index contributed by atoms with van der Waals surface area (Å²) in [6, 6.07) is 26.1.